The van der Waals surface area contributed by atoms with Crippen molar-refractivity contribution in [3.05, 3.63) is 23.8 Å². The monoisotopic (exact) mass is 264 g/mol. The molecule has 0 aromatic heterocycles. The van der Waals surface area contributed by atoms with E-state index >= 15 is 0 Å². The highest BCUT2D eigenvalue weighted by atomic mass is 16.7. The van der Waals surface area contributed by atoms with Gasteiger partial charge in [0.1, 0.15) is 0 Å². The van der Waals surface area contributed by atoms with Crippen molar-refractivity contribution in [1.82, 2.24) is 0 Å². The van der Waals surface area contributed by atoms with Crippen LogP contribution in [0.3, 0.4) is 0 Å². The first kappa shape index (κ1) is 13.0. The van der Waals surface area contributed by atoms with Gasteiger partial charge < -0.3 is 14.9 Å². The summed E-state index contributed by atoms with van der Waals surface area (Å²) in [6.45, 7) is 7.67. The number of hydrogen-bond donors (Lipinski definition) is 2. The Balaban J connectivity index is 2.18. The van der Waals surface area contributed by atoms with E-state index in [9.17, 15) is 15.0 Å². The van der Waals surface area contributed by atoms with E-state index in [-0.39, 0.29) is 24.4 Å². The Hall–Kier alpha value is -0.970. The smallest absolute Gasteiger partial charge is 0.261 e. The fourth-order valence-corrected chi connectivity index (χ4v) is 3.95. The fourth-order valence-electron chi connectivity index (χ4n) is 3.95. The predicted molar refractivity (Wildman–Crippen MR) is 69.1 cm³/mol. The normalized spacial score (nSPS) is 49.7. The van der Waals surface area contributed by atoms with Crippen LogP contribution < -0.4 is 0 Å². The van der Waals surface area contributed by atoms with Crippen molar-refractivity contribution in [2.24, 2.45) is 17.8 Å². The molecule has 0 spiro atoms. The van der Waals surface area contributed by atoms with Crippen molar-refractivity contribution in [2.75, 3.05) is 6.61 Å². The number of Topliss-reactive ketones (excluding diaryl/α,β-unsaturated/α-hetero) is 1. The predicted octanol–water partition coefficient (Wildman–Crippen LogP) is 1.18. The Morgan fingerprint density at radius 1 is 1.47 bits per heavy atom. The molecule has 4 nitrogen and oxygen atoms in total. The standard InChI is InChI=1S/C15H20O4/c1-8-4-5-11-10(3)13(16)15(18)14(17,12(11)6-8)9(2)7-19-15/h6,10-12,17-18H,2,4-5,7H2,1,3H3/t10-,11-,12+,14-,15-/m1/s1. The van der Waals surface area contributed by atoms with E-state index in [1.807, 2.05) is 19.9 Å². The minimum Gasteiger partial charge on any atom is -0.379 e. The van der Waals surface area contributed by atoms with Crippen LogP contribution in [0.4, 0.5) is 0 Å². The summed E-state index contributed by atoms with van der Waals surface area (Å²) in [5, 5.41) is 21.6. The van der Waals surface area contributed by atoms with E-state index in [0.29, 0.717) is 5.57 Å². The van der Waals surface area contributed by atoms with Gasteiger partial charge in [-0.1, -0.05) is 25.2 Å². The number of carbonyl (C=O) groups is 1. The molecule has 4 heteroatoms. The molecule has 3 aliphatic rings. The second kappa shape index (κ2) is 3.78. The quantitative estimate of drug-likeness (QED) is 0.645. The molecule has 3 rings (SSSR count). The molecular weight excluding hydrogens is 244 g/mol. The van der Waals surface area contributed by atoms with Gasteiger partial charge in [0.05, 0.1) is 6.61 Å². The van der Waals surface area contributed by atoms with E-state index < -0.39 is 17.2 Å². The topological polar surface area (TPSA) is 66.8 Å². The zero-order valence-corrected chi connectivity index (χ0v) is 11.3. The summed E-state index contributed by atoms with van der Waals surface area (Å²) in [6, 6.07) is 0. The zero-order valence-electron chi connectivity index (χ0n) is 11.3. The number of fused-ring (bicyclic) bond motifs is 3. The van der Waals surface area contributed by atoms with E-state index in [0.717, 1.165) is 12.8 Å². The van der Waals surface area contributed by atoms with Crippen LogP contribution in [0, 0.1) is 17.8 Å². The molecule has 1 heterocycles. The Morgan fingerprint density at radius 2 is 2.16 bits per heavy atom. The summed E-state index contributed by atoms with van der Waals surface area (Å²) in [4.78, 5) is 12.4. The minimum atomic E-state index is -2.13. The molecule has 0 bridgehead atoms. The lowest BCUT2D eigenvalue weighted by atomic mass is 9.56. The van der Waals surface area contributed by atoms with Crippen LogP contribution >= 0.6 is 0 Å². The first-order chi connectivity index (χ1) is 8.82. The van der Waals surface area contributed by atoms with Gasteiger partial charge >= 0.3 is 0 Å². The molecule has 2 aliphatic carbocycles. The number of allylic oxidation sites excluding steroid dienone is 1. The number of ketones is 1. The number of ether oxygens (including phenoxy) is 1. The average molecular weight is 264 g/mol. The van der Waals surface area contributed by atoms with Crippen molar-refractivity contribution in [2.45, 2.75) is 38.1 Å². The van der Waals surface area contributed by atoms with Crippen LogP contribution in [-0.4, -0.2) is 34.0 Å². The van der Waals surface area contributed by atoms with Gasteiger partial charge in [-0.05, 0) is 31.3 Å². The van der Waals surface area contributed by atoms with Crippen LogP contribution in [0.15, 0.2) is 23.8 Å². The summed E-state index contributed by atoms with van der Waals surface area (Å²) < 4.78 is 5.25. The van der Waals surface area contributed by atoms with E-state index in [1.165, 1.54) is 5.57 Å². The third-order valence-electron chi connectivity index (χ3n) is 5.18. The first-order valence-corrected chi connectivity index (χ1v) is 6.81. The number of rotatable bonds is 0. The number of carbonyl (C=O) groups excluding carboxylic acids is 1. The summed E-state index contributed by atoms with van der Waals surface area (Å²) in [6.07, 6.45) is 3.77. The van der Waals surface area contributed by atoms with Gasteiger partial charge in [0.15, 0.2) is 11.4 Å². The average Bonchev–Trinajstić information content (AvgIpc) is 2.63. The van der Waals surface area contributed by atoms with Gasteiger partial charge in [0.25, 0.3) is 5.79 Å². The maximum atomic E-state index is 12.4. The van der Waals surface area contributed by atoms with Crippen LogP contribution in [0.5, 0.6) is 0 Å². The Labute approximate surface area is 112 Å². The van der Waals surface area contributed by atoms with Crippen LogP contribution in [0.25, 0.3) is 0 Å². The molecule has 1 aliphatic heterocycles. The van der Waals surface area contributed by atoms with Gasteiger partial charge in [0, 0.05) is 11.8 Å². The molecule has 19 heavy (non-hydrogen) atoms. The van der Waals surface area contributed by atoms with E-state index in [2.05, 4.69) is 6.58 Å². The highest BCUT2D eigenvalue weighted by Crippen LogP contribution is 2.55. The fraction of sp³-hybridized carbons (Fsp3) is 0.667. The molecule has 2 N–H and O–H groups in total. The van der Waals surface area contributed by atoms with Crippen molar-refractivity contribution in [3.8, 4) is 0 Å². The molecule has 0 radical (unpaired) electrons. The van der Waals surface area contributed by atoms with Gasteiger partial charge in [-0.25, -0.2) is 0 Å². The minimum absolute atomic E-state index is 0.0293. The molecule has 1 saturated heterocycles. The lowest BCUT2D eigenvalue weighted by molar-refractivity contribution is -0.267. The number of hydrogen-bond acceptors (Lipinski definition) is 4. The van der Waals surface area contributed by atoms with Crippen molar-refractivity contribution >= 4 is 5.78 Å². The summed E-state index contributed by atoms with van der Waals surface area (Å²) in [5.41, 5.74) is -0.0994. The third-order valence-corrected chi connectivity index (χ3v) is 5.18. The van der Waals surface area contributed by atoms with E-state index in [1.54, 1.807) is 0 Å². The van der Waals surface area contributed by atoms with Crippen LogP contribution in [-0.2, 0) is 9.53 Å². The molecule has 0 unspecified atom stereocenters. The van der Waals surface area contributed by atoms with Crippen LogP contribution in [0.1, 0.15) is 26.7 Å². The second-order valence-corrected chi connectivity index (χ2v) is 6.20. The maximum Gasteiger partial charge on any atom is 0.261 e. The van der Waals surface area contributed by atoms with Gasteiger partial charge in [-0.3, -0.25) is 4.79 Å². The molecule has 0 aromatic rings. The van der Waals surface area contributed by atoms with E-state index in [4.69, 9.17) is 4.74 Å². The maximum absolute atomic E-state index is 12.4. The first-order valence-electron chi connectivity index (χ1n) is 6.81. The van der Waals surface area contributed by atoms with Crippen molar-refractivity contribution < 1.29 is 19.7 Å². The zero-order chi connectivity index (χ0) is 14.0. The highest BCUT2D eigenvalue weighted by Gasteiger charge is 2.71. The molecule has 104 valence electrons. The molecule has 2 fully saturated rings. The molecular formula is C15H20O4. The Morgan fingerprint density at radius 3 is 2.84 bits per heavy atom. The highest BCUT2D eigenvalue weighted by molar-refractivity contribution is 5.92. The summed E-state index contributed by atoms with van der Waals surface area (Å²) in [7, 11) is 0. The third kappa shape index (κ3) is 1.37. The second-order valence-electron chi connectivity index (χ2n) is 6.20. The molecule has 5 atom stereocenters. The summed E-state index contributed by atoms with van der Waals surface area (Å²) >= 11 is 0. The molecule has 1 saturated carbocycles. The van der Waals surface area contributed by atoms with Gasteiger partial charge in [-0.15, -0.1) is 0 Å². The van der Waals surface area contributed by atoms with Gasteiger partial charge in [-0.2, -0.15) is 0 Å². The van der Waals surface area contributed by atoms with Crippen molar-refractivity contribution in [3.63, 3.8) is 0 Å². The SMILES string of the molecule is C=C1CO[C@]2(O)C(=O)[C@H](C)[C@H]3CCC(C)=C[C@@H]3[C@]12O. The van der Waals surface area contributed by atoms with Crippen LogP contribution in [0.2, 0.25) is 0 Å². The summed E-state index contributed by atoms with van der Waals surface area (Å²) in [5.74, 6) is -3.11. The lowest BCUT2D eigenvalue weighted by Crippen LogP contribution is -2.68. The van der Waals surface area contributed by atoms with Gasteiger partial charge in [0.2, 0.25) is 0 Å². The lowest BCUT2D eigenvalue weighted by Gasteiger charge is -2.51. The van der Waals surface area contributed by atoms with Crippen molar-refractivity contribution in [1.29, 1.82) is 0 Å². The molecule has 0 aromatic carbocycles. The largest absolute Gasteiger partial charge is 0.379 e. The Kier molecular flexibility index (Phi) is 2.59. The Bertz CT molecular complexity index is 494. The molecule has 0 amide bonds. The number of aliphatic hydroxyl groups is 2.